The summed E-state index contributed by atoms with van der Waals surface area (Å²) in [4.78, 5) is 33.4. The molecule has 0 spiro atoms. The average molecular weight is 444 g/mol. The van der Waals surface area contributed by atoms with Crippen molar-refractivity contribution in [3.63, 3.8) is 0 Å². The minimum absolute atomic E-state index is 0.203. The van der Waals surface area contributed by atoms with Crippen LogP contribution in [0.5, 0.6) is 0 Å². The topological polar surface area (TPSA) is 43.9 Å². The van der Waals surface area contributed by atoms with Crippen LogP contribution in [0.15, 0.2) is 60.3 Å². The van der Waals surface area contributed by atoms with Gasteiger partial charge in [-0.3, -0.25) is 9.59 Å². The fraction of sp³-hybridized carbons (Fsp3) is 0.429. The van der Waals surface area contributed by atoms with Crippen LogP contribution in [0.1, 0.15) is 45.1 Å². The van der Waals surface area contributed by atoms with Crippen molar-refractivity contribution < 1.29 is 9.59 Å². The third-order valence-corrected chi connectivity index (χ3v) is 7.14. The summed E-state index contributed by atoms with van der Waals surface area (Å²) in [6.45, 7) is 8.19. The summed E-state index contributed by atoms with van der Waals surface area (Å²) in [6, 6.07) is 17.6. The Kier molecular flexibility index (Phi) is 5.96. The lowest BCUT2D eigenvalue weighted by atomic mass is 9.91. The Morgan fingerprint density at radius 3 is 1.94 bits per heavy atom. The van der Waals surface area contributed by atoms with Crippen molar-refractivity contribution in [2.75, 3.05) is 36.0 Å². The van der Waals surface area contributed by atoms with Crippen molar-refractivity contribution in [2.45, 2.75) is 39.5 Å². The average Bonchev–Trinajstić information content (AvgIpc) is 3.09. The molecule has 0 radical (unpaired) electrons. The first kappa shape index (κ1) is 21.7. The van der Waals surface area contributed by atoms with E-state index in [1.807, 2.05) is 54.6 Å². The number of likely N-dealkylation sites (tertiary alicyclic amines) is 1. The van der Waals surface area contributed by atoms with E-state index in [4.69, 9.17) is 0 Å². The van der Waals surface area contributed by atoms with Gasteiger partial charge in [0.05, 0.1) is 11.3 Å². The Morgan fingerprint density at radius 1 is 0.697 bits per heavy atom. The first-order chi connectivity index (χ1) is 16.0. The van der Waals surface area contributed by atoms with Crippen molar-refractivity contribution in [1.29, 1.82) is 0 Å². The summed E-state index contributed by atoms with van der Waals surface area (Å²) >= 11 is 0. The summed E-state index contributed by atoms with van der Waals surface area (Å²) < 4.78 is 0. The quantitative estimate of drug-likeness (QED) is 0.628. The molecule has 2 aromatic rings. The molecule has 2 saturated heterocycles. The van der Waals surface area contributed by atoms with Crippen LogP contribution >= 0.6 is 0 Å². The number of nitrogens with zero attached hydrogens (tertiary/aromatic N) is 3. The summed E-state index contributed by atoms with van der Waals surface area (Å²) in [6.07, 6.45) is 4.86. The minimum Gasteiger partial charge on any atom is -0.372 e. The molecule has 0 saturated carbocycles. The van der Waals surface area contributed by atoms with Crippen LogP contribution in [-0.4, -0.2) is 42.9 Å². The number of hydrogen-bond acceptors (Lipinski definition) is 4. The molecule has 3 heterocycles. The third kappa shape index (κ3) is 4.17. The maximum Gasteiger partial charge on any atom is 0.282 e. The largest absolute Gasteiger partial charge is 0.372 e. The van der Waals surface area contributed by atoms with Crippen molar-refractivity contribution in [3.8, 4) is 0 Å². The number of amides is 2. The highest BCUT2D eigenvalue weighted by Crippen LogP contribution is 2.37. The number of rotatable bonds is 4. The van der Waals surface area contributed by atoms with Gasteiger partial charge < -0.3 is 9.80 Å². The summed E-state index contributed by atoms with van der Waals surface area (Å²) in [5.74, 6) is 0.543. The Balaban J connectivity index is 1.50. The summed E-state index contributed by atoms with van der Waals surface area (Å²) in [5.41, 5.74) is 3.70. The van der Waals surface area contributed by atoms with Crippen LogP contribution in [0.3, 0.4) is 0 Å². The standard InChI is InChI=1S/C28H33N3O2/c1-20-17-21(2)19-30(18-20)26-25(22-9-5-3-6-10-22)27(32)31(28(26)33)24-13-11-23(12-14-24)29-15-7-4-8-16-29/h3,5-6,9-14,20-21H,4,7-8,15-19H2,1-2H3. The van der Waals surface area contributed by atoms with E-state index in [9.17, 15) is 9.59 Å². The van der Waals surface area contributed by atoms with E-state index in [0.29, 0.717) is 28.8 Å². The highest BCUT2D eigenvalue weighted by atomic mass is 16.2. The van der Waals surface area contributed by atoms with E-state index in [1.165, 1.54) is 24.2 Å². The molecule has 0 N–H and O–H groups in total. The van der Waals surface area contributed by atoms with E-state index in [-0.39, 0.29) is 11.8 Å². The molecule has 0 aromatic heterocycles. The van der Waals surface area contributed by atoms with Gasteiger partial charge in [0.25, 0.3) is 11.8 Å². The van der Waals surface area contributed by atoms with Gasteiger partial charge >= 0.3 is 0 Å². The zero-order chi connectivity index (χ0) is 22.9. The van der Waals surface area contributed by atoms with Crippen LogP contribution in [0.2, 0.25) is 0 Å². The smallest absolute Gasteiger partial charge is 0.282 e. The van der Waals surface area contributed by atoms with Gasteiger partial charge in [0.2, 0.25) is 0 Å². The second-order valence-corrected chi connectivity index (χ2v) is 9.95. The molecule has 3 aliphatic rings. The van der Waals surface area contributed by atoms with Crippen molar-refractivity contribution >= 4 is 28.8 Å². The first-order valence-corrected chi connectivity index (χ1v) is 12.3. The van der Waals surface area contributed by atoms with E-state index < -0.39 is 0 Å². The van der Waals surface area contributed by atoms with Gasteiger partial charge in [0.1, 0.15) is 5.70 Å². The molecule has 2 unspecified atom stereocenters. The Bertz CT molecular complexity index is 1040. The fourth-order valence-electron chi connectivity index (χ4n) is 5.72. The molecule has 2 fully saturated rings. The molecule has 172 valence electrons. The van der Waals surface area contributed by atoms with Crippen LogP contribution in [0.25, 0.3) is 5.57 Å². The highest BCUT2D eigenvalue weighted by Gasteiger charge is 2.43. The van der Waals surface area contributed by atoms with E-state index >= 15 is 0 Å². The molecule has 5 rings (SSSR count). The van der Waals surface area contributed by atoms with Crippen molar-refractivity contribution in [3.05, 3.63) is 65.9 Å². The van der Waals surface area contributed by atoms with Gasteiger partial charge in [0.15, 0.2) is 0 Å². The summed E-state index contributed by atoms with van der Waals surface area (Å²) in [5, 5.41) is 0. The highest BCUT2D eigenvalue weighted by molar-refractivity contribution is 6.45. The molecule has 0 aliphatic carbocycles. The fourth-order valence-corrected chi connectivity index (χ4v) is 5.72. The first-order valence-electron chi connectivity index (χ1n) is 12.3. The summed E-state index contributed by atoms with van der Waals surface area (Å²) in [7, 11) is 0. The molecule has 2 aromatic carbocycles. The molecule has 3 aliphatic heterocycles. The van der Waals surface area contributed by atoms with Crippen molar-refractivity contribution in [1.82, 2.24) is 4.90 Å². The zero-order valence-electron chi connectivity index (χ0n) is 19.7. The maximum absolute atomic E-state index is 13.8. The molecule has 2 amide bonds. The van der Waals surface area contributed by atoms with E-state index in [0.717, 1.165) is 43.9 Å². The van der Waals surface area contributed by atoms with Gasteiger partial charge in [-0.15, -0.1) is 0 Å². The van der Waals surface area contributed by atoms with Crippen LogP contribution in [0, 0.1) is 11.8 Å². The predicted octanol–water partition coefficient (Wildman–Crippen LogP) is 4.94. The molecule has 0 bridgehead atoms. The van der Waals surface area contributed by atoms with E-state index in [2.05, 4.69) is 23.6 Å². The molecule has 33 heavy (non-hydrogen) atoms. The number of benzene rings is 2. The monoisotopic (exact) mass is 443 g/mol. The number of anilines is 2. The lowest BCUT2D eigenvalue weighted by molar-refractivity contribution is -0.120. The lowest BCUT2D eigenvalue weighted by Crippen LogP contribution is -2.42. The molecule has 5 nitrogen and oxygen atoms in total. The molecular weight excluding hydrogens is 410 g/mol. The SMILES string of the molecule is CC1CC(C)CN(C2=C(c3ccccc3)C(=O)N(c3ccc(N4CCCCC4)cc3)C2=O)C1. The Morgan fingerprint density at radius 2 is 1.30 bits per heavy atom. The number of hydrogen-bond donors (Lipinski definition) is 0. The molecular formula is C28H33N3O2. The van der Waals surface area contributed by atoms with E-state index in [1.54, 1.807) is 0 Å². The van der Waals surface area contributed by atoms with Crippen molar-refractivity contribution in [2.24, 2.45) is 11.8 Å². The number of piperidine rings is 2. The third-order valence-electron chi connectivity index (χ3n) is 7.14. The van der Waals surface area contributed by atoms with Crippen LogP contribution in [-0.2, 0) is 9.59 Å². The van der Waals surface area contributed by atoms with Gasteiger partial charge in [0, 0.05) is 31.9 Å². The van der Waals surface area contributed by atoms with Gasteiger partial charge in [-0.05, 0) is 67.3 Å². The number of carbonyl (C=O) groups excluding carboxylic acids is 2. The lowest BCUT2D eigenvalue weighted by Gasteiger charge is -2.37. The molecule has 5 heteroatoms. The van der Waals surface area contributed by atoms with Gasteiger partial charge in [-0.1, -0.05) is 44.2 Å². The maximum atomic E-state index is 13.8. The van der Waals surface area contributed by atoms with Gasteiger partial charge in [-0.25, -0.2) is 4.90 Å². The Hall–Kier alpha value is -3.08. The predicted molar refractivity (Wildman–Crippen MR) is 133 cm³/mol. The second-order valence-electron chi connectivity index (χ2n) is 9.95. The number of carbonyl (C=O) groups is 2. The minimum atomic E-state index is -0.224. The normalized spacial score (nSPS) is 24.1. The zero-order valence-corrected chi connectivity index (χ0v) is 19.7. The van der Waals surface area contributed by atoms with Crippen LogP contribution in [0.4, 0.5) is 11.4 Å². The number of imide groups is 1. The second kappa shape index (κ2) is 9.05. The van der Waals surface area contributed by atoms with Crippen LogP contribution < -0.4 is 9.80 Å². The Labute approximate surface area is 196 Å². The molecule has 2 atom stereocenters. The van der Waals surface area contributed by atoms with Gasteiger partial charge in [-0.2, -0.15) is 0 Å².